The van der Waals surface area contributed by atoms with Crippen LogP contribution in [-0.2, 0) is 22.8 Å². The fourth-order valence-corrected chi connectivity index (χ4v) is 6.17. The van der Waals surface area contributed by atoms with Gasteiger partial charge in [-0.3, -0.25) is 9.69 Å². The minimum absolute atomic E-state index is 0.0120. The Morgan fingerprint density at radius 2 is 1.38 bits per heavy atom. The second-order valence-electron chi connectivity index (χ2n) is 10.3. The first-order valence-electron chi connectivity index (χ1n) is 13.1. The minimum atomic E-state index is -2.94. The van der Waals surface area contributed by atoms with Crippen molar-refractivity contribution in [3.63, 3.8) is 0 Å². The number of nitrogens with zero attached hydrogens (tertiary/aromatic N) is 4. The van der Waals surface area contributed by atoms with Crippen LogP contribution in [-0.4, -0.2) is 58.6 Å². The lowest BCUT2D eigenvalue weighted by molar-refractivity contribution is 0.0990. The van der Waals surface area contributed by atoms with Crippen LogP contribution in [0, 0.1) is 6.92 Å². The van der Waals surface area contributed by atoms with E-state index in [-0.39, 0.29) is 11.1 Å². The Morgan fingerprint density at radius 1 is 0.872 bits per heavy atom. The van der Waals surface area contributed by atoms with Crippen LogP contribution in [0.1, 0.15) is 46.0 Å². The largest absolute Gasteiger partial charge is 0.363 e. The molecule has 0 spiro atoms. The van der Waals surface area contributed by atoms with E-state index in [4.69, 9.17) is 5.73 Å². The number of carbonyl (C=O) groups excluding carboxylic acids is 1. The van der Waals surface area contributed by atoms with E-state index in [1.165, 1.54) is 34.1 Å². The summed E-state index contributed by atoms with van der Waals surface area (Å²) in [5, 5.41) is 3.99. The zero-order valence-electron chi connectivity index (χ0n) is 22.2. The van der Waals surface area contributed by atoms with Crippen molar-refractivity contribution in [2.24, 2.45) is 5.73 Å². The molecule has 9 heteroatoms. The van der Waals surface area contributed by atoms with Crippen molar-refractivity contribution in [3.05, 3.63) is 101 Å². The molecule has 0 bridgehead atoms. The van der Waals surface area contributed by atoms with E-state index in [1.54, 1.807) is 11.6 Å². The summed E-state index contributed by atoms with van der Waals surface area (Å²) in [7, 11) is -2.94. The van der Waals surface area contributed by atoms with Gasteiger partial charge < -0.3 is 5.73 Å². The third-order valence-corrected chi connectivity index (χ3v) is 9.05. The molecule has 0 aliphatic carbocycles. The molecule has 1 aliphatic heterocycles. The highest BCUT2D eigenvalue weighted by atomic mass is 32.2. The zero-order valence-corrected chi connectivity index (χ0v) is 23.1. The first kappa shape index (κ1) is 26.8. The highest BCUT2D eigenvalue weighted by molar-refractivity contribution is 7.91. The molecular weight excluding hydrogens is 510 g/mol. The first-order chi connectivity index (χ1) is 18.7. The van der Waals surface area contributed by atoms with Gasteiger partial charge in [0.05, 0.1) is 10.9 Å². The van der Waals surface area contributed by atoms with Crippen LogP contribution in [0.5, 0.6) is 0 Å². The second-order valence-corrected chi connectivity index (χ2v) is 12.6. The van der Waals surface area contributed by atoms with Crippen LogP contribution >= 0.6 is 0 Å². The van der Waals surface area contributed by atoms with Gasteiger partial charge in [-0.1, -0.05) is 60.7 Å². The molecule has 1 saturated heterocycles. The van der Waals surface area contributed by atoms with Gasteiger partial charge in [0.15, 0.2) is 0 Å². The lowest BCUT2D eigenvalue weighted by Crippen LogP contribution is -2.38. The van der Waals surface area contributed by atoms with E-state index < -0.39 is 15.7 Å². The van der Waals surface area contributed by atoms with Crippen LogP contribution in [0.2, 0.25) is 0 Å². The molecule has 0 unspecified atom stereocenters. The molecule has 39 heavy (non-hydrogen) atoms. The monoisotopic (exact) mass is 543 g/mol. The Kier molecular flexibility index (Phi) is 7.63. The van der Waals surface area contributed by atoms with Gasteiger partial charge in [0.1, 0.15) is 15.7 Å². The molecule has 2 heterocycles. The summed E-state index contributed by atoms with van der Waals surface area (Å²) in [6.07, 6.45) is 3.58. The van der Waals surface area contributed by atoms with Gasteiger partial charge >= 0.3 is 0 Å². The maximum atomic E-state index is 11.8. The van der Waals surface area contributed by atoms with Crippen LogP contribution in [0.15, 0.2) is 72.8 Å². The molecule has 0 atom stereocenters. The summed E-state index contributed by atoms with van der Waals surface area (Å²) in [5.74, 6) is -0.0241. The fourth-order valence-electron chi connectivity index (χ4n) is 5.10. The van der Waals surface area contributed by atoms with Gasteiger partial charge in [-0.25, -0.2) is 18.1 Å². The third-order valence-electron chi connectivity index (χ3n) is 7.37. The van der Waals surface area contributed by atoms with Crippen LogP contribution in [0.3, 0.4) is 0 Å². The summed E-state index contributed by atoms with van der Waals surface area (Å²) >= 11 is 0. The average molecular weight is 544 g/mol. The van der Waals surface area contributed by atoms with E-state index in [9.17, 15) is 13.2 Å². The number of piperidine rings is 1. The number of sulfone groups is 1. The summed E-state index contributed by atoms with van der Waals surface area (Å²) in [6, 6.07) is 25.3. The SMILES string of the molecule is Cc1nc(C(N)=O)nn1-c1ccc(Cc2ccc(-c3ccc(CN4CCC(S(C)(=O)=O)CC4)cc3)cc2)cc1. The van der Waals surface area contributed by atoms with Gasteiger partial charge in [-0.05, 0) is 79.2 Å². The molecule has 3 aromatic carbocycles. The van der Waals surface area contributed by atoms with Crippen molar-refractivity contribution in [2.45, 2.75) is 38.0 Å². The predicted molar refractivity (Wildman–Crippen MR) is 152 cm³/mol. The molecule has 2 N–H and O–H groups in total. The number of hydrogen-bond acceptors (Lipinski definition) is 6. The molecule has 1 aromatic heterocycles. The second kappa shape index (κ2) is 11.1. The molecule has 202 valence electrons. The van der Waals surface area contributed by atoms with E-state index in [2.05, 4.69) is 75.6 Å². The standard InChI is InChI=1S/C30H33N5O3S/c1-21-32-30(29(31)36)33-35(21)27-13-7-23(8-14-27)19-22-3-9-25(10-4-22)26-11-5-24(6-12-26)20-34-17-15-28(16-18-34)39(2,37)38/h3-14,28H,15-20H2,1-2H3,(H2,31,36). The average Bonchev–Trinajstić information content (AvgIpc) is 3.32. The molecule has 0 radical (unpaired) electrons. The topological polar surface area (TPSA) is 111 Å². The van der Waals surface area contributed by atoms with Crippen molar-refractivity contribution in [1.82, 2.24) is 19.7 Å². The van der Waals surface area contributed by atoms with Gasteiger partial charge in [0, 0.05) is 12.8 Å². The Hall–Kier alpha value is -3.82. The number of nitrogens with two attached hydrogens (primary N) is 1. The normalized spacial score (nSPS) is 14.9. The van der Waals surface area contributed by atoms with Crippen LogP contribution in [0.4, 0.5) is 0 Å². The van der Waals surface area contributed by atoms with Gasteiger partial charge in [0.2, 0.25) is 5.82 Å². The molecule has 1 fully saturated rings. The Bertz CT molecular complexity index is 1550. The Morgan fingerprint density at radius 3 is 1.87 bits per heavy atom. The molecular formula is C30H33N5O3S. The lowest BCUT2D eigenvalue weighted by Gasteiger charge is -2.31. The van der Waals surface area contributed by atoms with Crippen molar-refractivity contribution >= 4 is 15.7 Å². The Labute approximate surface area is 229 Å². The summed E-state index contributed by atoms with van der Waals surface area (Å²) < 4.78 is 25.2. The predicted octanol–water partition coefficient (Wildman–Crippen LogP) is 3.94. The maximum absolute atomic E-state index is 11.8. The first-order valence-corrected chi connectivity index (χ1v) is 15.0. The number of likely N-dealkylation sites (tertiary alicyclic amines) is 1. The van der Waals surface area contributed by atoms with E-state index >= 15 is 0 Å². The molecule has 5 rings (SSSR count). The smallest absolute Gasteiger partial charge is 0.288 e. The number of benzene rings is 3. The number of aromatic nitrogens is 3. The number of rotatable bonds is 8. The molecule has 0 saturated carbocycles. The van der Waals surface area contributed by atoms with Crippen molar-refractivity contribution in [1.29, 1.82) is 0 Å². The van der Waals surface area contributed by atoms with Gasteiger partial charge in [-0.15, -0.1) is 5.10 Å². The van der Waals surface area contributed by atoms with Crippen molar-refractivity contribution in [2.75, 3.05) is 19.3 Å². The van der Waals surface area contributed by atoms with Crippen molar-refractivity contribution < 1.29 is 13.2 Å². The highest BCUT2D eigenvalue weighted by Gasteiger charge is 2.26. The zero-order chi connectivity index (χ0) is 27.6. The van der Waals surface area contributed by atoms with E-state index in [0.29, 0.717) is 18.7 Å². The number of primary amides is 1. The lowest BCUT2D eigenvalue weighted by atomic mass is 9.99. The summed E-state index contributed by atoms with van der Waals surface area (Å²) in [5.41, 5.74) is 12.1. The maximum Gasteiger partial charge on any atom is 0.288 e. The van der Waals surface area contributed by atoms with E-state index in [0.717, 1.165) is 31.7 Å². The molecule has 1 aliphatic rings. The van der Waals surface area contributed by atoms with Gasteiger partial charge in [-0.2, -0.15) is 0 Å². The molecule has 1 amide bonds. The fraction of sp³-hybridized carbons (Fsp3) is 0.300. The van der Waals surface area contributed by atoms with Crippen LogP contribution in [0.25, 0.3) is 16.8 Å². The quantitative estimate of drug-likeness (QED) is 0.360. The van der Waals surface area contributed by atoms with Crippen molar-refractivity contribution in [3.8, 4) is 16.8 Å². The molecule has 8 nitrogen and oxygen atoms in total. The third kappa shape index (κ3) is 6.43. The molecule has 4 aromatic rings. The number of hydrogen-bond donors (Lipinski definition) is 1. The number of carbonyl (C=O) groups is 1. The van der Waals surface area contributed by atoms with E-state index in [1.807, 2.05) is 12.1 Å². The number of aryl methyl sites for hydroxylation is 1. The van der Waals surface area contributed by atoms with Crippen LogP contribution < -0.4 is 5.73 Å². The highest BCUT2D eigenvalue weighted by Crippen LogP contribution is 2.24. The van der Waals surface area contributed by atoms with Gasteiger partial charge in [0.25, 0.3) is 5.91 Å². The summed E-state index contributed by atoms with van der Waals surface area (Å²) in [4.78, 5) is 17.8. The summed E-state index contributed by atoms with van der Waals surface area (Å²) in [6.45, 7) is 4.27. The Balaban J connectivity index is 1.17. The minimum Gasteiger partial charge on any atom is -0.363 e. The number of amides is 1.